The first-order chi connectivity index (χ1) is 8.06. The summed E-state index contributed by atoms with van der Waals surface area (Å²) in [7, 11) is -0.678. The zero-order valence-electron chi connectivity index (χ0n) is 9.67. The molecule has 1 saturated heterocycles. The molecule has 0 N–H and O–H groups in total. The van der Waals surface area contributed by atoms with Gasteiger partial charge in [0.1, 0.15) is 12.2 Å². The van der Waals surface area contributed by atoms with E-state index in [9.17, 15) is 14.7 Å². The van der Waals surface area contributed by atoms with Gasteiger partial charge in [0.05, 0.1) is 12.7 Å². The Hall–Kier alpha value is -1.63. The number of rotatable bonds is 3. The Kier molecular flexibility index (Phi) is 3.01. The van der Waals surface area contributed by atoms with Crippen molar-refractivity contribution in [2.75, 3.05) is 24.5 Å². The Morgan fingerprint density at radius 1 is 1.59 bits per heavy atom. The predicted octanol–water partition coefficient (Wildman–Crippen LogP) is -0.00690. The molecule has 0 aromatic carbocycles. The summed E-state index contributed by atoms with van der Waals surface area (Å²) in [4.78, 5) is 30.2. The van der Waals surface area contributed by atoms with Gasteiger partial charge in [-0.15, -0.1) is 0 Å². The molecule has 0 saturated carbocycles. The summed E-state index contributed by atoms with van der Waals surface area (Å²) < 4.78 is 0. The largest absolute Gasteiger partial charge is 0.540 e. The smallest absolute Gasteiger partial charge is 0.350 e. The molecular formula is C10H13N3O3S. The molecule has 0 aliphatic carbocycles. The van der Waals surface area contributed by atoms with Gasteiger partial charge in [0, 0.05) is 23.6 Å². The monoisotopic (exact) mass is 255 g/mol. The molecule has 2 rings (SSSR count). The third-order valence-electron chi connectivity index (χ3n) is 2.80. The molecule has 2 amide bonds. The second-order valence-electron chi connectivity index (χ2n) is 3.72. The van der Waals surface area contributed by atoms with Crippen LogP contribution in [-0.2, 0) is 6.26 Å². The fourth-order valence-corrected chi connectivity index (χ4v) is 3.20. The predicted molar refractivity (Wildman–Crippen MR) is 62.0 cm³/mol. The van der Waals surface area contributed by atoms with Crippen molar-refractivity contribution in [2.24, 2.45) is 6.26 Å². The Bertz CT molecular complexity index is 471. The number of carboxylic acid groups (broad SMARTS) is 1. The zero-order chi connectivity index (χ0) is 12.6. The van der Waals surface area contributed by atoms with Crippen LogP contribution in [0.15, 0.2) is 6.20 Å². The van der Waals surface area contributed by atoms with Crippen molar-refractivity contribution in [1.29, 1.82) is 0 Å². The average molecular weight is 255 g/mol. The summed E-state index contributed by atoms with van der Waals surface area (Å²) in [5.41, 5.74) is 0. The minimum atomic E-state index is -1.21. The molecular weight excluding hydrogens is 242 g/mol. The minimum Gasteiger partial charge on any atom is -0.540 e. The van der Waals surface area contributed by atoms with Crippen LogP contribution in [-0.4, -0.2) is 41.5 Å². The summed E-state index contributed by atoms with van der Waals surface area (Å²) in [6.45, 7) is 3.79. The van der Waals surface area contributed by atoms with E-state index in [0.717, 1.165) is 0 Å². The van der Waals surface area contributed by atoms with Crippen molar-refractivity contribution in [2.45, 2.75) is 6.92 Å². The standard InChI is InChI=1S/C10H13N3O3S/c1-3-12-4-5-13(10(12)16)9-11-6-7(8(14)15)17(9)2/h6H,3-5H2,1-2H3. The summed E-state index contributed by atoms with van der Waals surface area (Å²) in [5, 5.41) is 11.3. The number of carboxylic acids is 1. The first kappa shape index (κ1) is 11.8. The number of hydrogen-bond acceptors (Lipinski definition) is 4. The lowest BCUT2D eigenvalue weighted by atomic mass is 10.6. The van der Waals surface area contributed by atoms with Gasteiger partial charge in [-0.05, 0) is 6.92 Å². The van der Waals surface area contributed by atoms with Crippen LogP contribution in [0.1, 0.15) is 16.6 Å². The molecule has 1 aromatic rings. The Labute approximate surface area is 101 Å². The SMILES string of the molecule is CCN1CCN(c2ncc(C(=O)[O-])[s+]2C)C1=O. The number of aromatic nitrogens is 1. The molecule has 1 fully saturated rings. The van der Waals surface area contributed by atoms with Crippen LogP contribution in [0.3, 0.4) is 0 Å². The molecule has 1 aromatic heterocycles. The second kappa shape index (κ2) is 4.33. The number of urea groups is 1. The number of amides is 2. The van der Waals surface area contributed by atoms with E-state index in [1.54, 1.807) is 16.1 Å². The number of likely N-dealkylation sites (N-methyl/N-ethyl adjacent to an activating group) is 1. The highest BCUT2D eigenvalue weighted by atomic mass is 32.2. The summed E-state index contributed by atoms with van der Waals surface area (Å²) in [6, 6.07) is -0.0985. The van der Waals surface area contributed by atoms with Crippen LogP contribution in [0, 0.1) is 0 Å². The quantitative estimate of drug-likeness (QED) is 0.712. The van der Waals surface area contributed by atoms with Gasteiger partial charge in [0.15, 0.2) is 0 Å². The molecule has 1 unspecified atom stereocenters. The maximum atomic E-state index is 11.9. The number of aromatic carboxylic acids is 1. The van der Waals surface area contributed by atoms with E-state index < -0.39 is 16.4 Å². The lowest BCUT2D eigenvalue weighted by molar-refractivity contribution is -0.254. The van der Waals surface area contributed by atoms with Crippen LogP contribution in [0.25, 0.3) is 0 Å². The van der Waals surface area contributed by atoms with Crippen LogP contribution in [0.2, 0.25) is 0 Å². The van der Waals surface area contributed by atoms with Gasteiger partial charge in [-0.1, -0.05) is 0 Å². The first-order valence-corrected chi connectivity index (χ1v) is 6.91. The Morgan fingerprint density at radius 3 is 2.76 bits per heavy atom. The summed E-state index contributed by atoms with van der Waals surface area (Å²) in [6.07, 6.45) is 3.03. The van der Waals surface area contributed by atoms with E-state index in [1.807, 2.05) is 6.92 Å². The molecule has 92 valence electrons. The normalized spacial score (nSPS) is 16.8. The van der Waals surface area contributed by atoms with Gasteiger partial charge in [-0.2, -0.15) is 4.98 Å². The number of carbonyl (C=O) groups is 2. The number of anilines is 1. The minimum absolute atomic E-state index is 0.0985. The van der Waals surface area contributed by atoms with Crippen LogP contribution < -0.4 is 10.0 Å². The number of nitrogens with zero attached hydrogens (tertiary/aromatic N) is 3. The van der Waals surface area contributed by atoms with Gasteiger partial charge in [0.2, 0.25) is 4.88 Å². The van der Waals surface area contributed by atoms with Crippen molar-refractivity contribution in [3.63, 3.8) is 0 Å². The van der Waals surface area contributed by atoms with Crippen LogP contribution >= 0.6 is 10.5 Å². The lowest BCUT2D eigenvalue weighted by Crippen LogP contribution is -2.31. The fraction of sp³-hybridized carbons (Fsp3) is 0.500. The van der Waals surface area contributed by atoms with Crippen LogP contribution in [0.4, 0.5) is 9.93 Å². The molecule has 0 bridgehead atoms. The third-order valence-corrected chi connectivity index (χ3v) is 4.61. The van der Waals surface area contributed by atoms with Crippen molar-refractivity contribution >= 4 is 27.6 Å². The van der Waals surface area contributed by atoms with Crippen LogP contribution in [0.5, 0.6) is 0 Å². The summed E-state index contributed by atoms with van der Waals surface area (Å²) >= 11 is 0. The van der Waals surface area contributed by atoms with E-state index in [4.69, 9.17) is 0 Å². The van der Waals surface area contributed by atoms with E-state index in [2.05, 4.69) is 4.98 Å². The Morgan fingerprint density at radius 2 is 2.29 bits per heavy atom. The van der Waals surface area contributed by atoms with Gasteiger partial charge >= 0.3 is 11.2 Å². The molecule has 1 atom stereocenters. The van der Waals surface area contributed by atoms with Gasteiger partial charge in [0.25, 0.3) is 0 Å². The third kappa shape index (κ3) is 1.86. The molecule has 7 heteroatoms. The van der Waals surface area contributed by atoms with Crippen molar-refractivity contribution < 1.29 is 14.7 Å². The fourth-order valence-electron chi connectivity index (χ4n) is 1.84. The Balaban J connectivity index is 2.30. The first-order valence-electron chi connectivity index (χ1n) is 5.28. The van der Waals surface area contributed by atoms with E-state index in [0.29, 0.717) is 24.8 Å². The van der Waals surface area contributed by atoms with Gasteiger partial charge < -0.3 is 14.8 Å². The van der Waals surface area contributed by atoms with E-state index >= 15 is 0 Å². The number of hydrogen-bond donors (Lipinski definition) is 0. The molecule has 1 aliphatic rings. The number of carbonyl (C=O) groups excluding carboxylic acids is 2. The van der Waals surface area contributed by atoms with Crippen molar-refractivity contribution in [1.82, 2.24) is 9.88 Å². The lowest BCUT2D eigenvalue weighted by Gasteiger charge is -2.12. The molecule has 0 radical (unpaired) electrons. The van der Waals surface area contributed by atoms with Crippen molar-refractivity contribution in [3.05, 3.63) is 11.1 Å². The average Bonchev–Trinajstić information content (AvgIpc) is 2.82. The number of thiazole rings is 1. The highest BCUT2D eigenvalue weighted by Crippen LogP contribution is 2.34. The topological polar surface area (TPSA) is 76.6 Å². The molecule has 0 spiro atoms. The zero-order valence-corrected chi connectivity index (χ0v) is 10.5. The van der Waals surface area contributed by atoms with E-state index in [1.165, 1.54) is 6.20 Å². The summed E-state index contributed by atoms with van der Waals surface area (Å²) in [5.74, 6) is -1.21. The van der Waals surface area contributed by atoms with Gasteiger partial charge in [-0.3, -0.25) is 0 Å². The van der Waals surface area contributed by atoms with E-state index in [-0.39, 0.29) is 10.9 Å². The second-order valence-corrected chi connectivity index (χ2v) is 5.54. The molecule has 17 heavy (non-hydrogen) atoms. The highest BCUT2D eigenvalue weighted by Gasteiger charge is 2.36. The van der Waals surface area contributed by atoms with Crippen molar-refractivity contribution in [3.8, 4) is 0 Å². The molecule has 2 heterocycles. The highest BCUT2D eigenvalue weighted by molar-refractivity contribution is 7.34. The maximum Gasteiger partial charge on any atom is 0.350 e. The molecule has 6 nitrogen and oxygen atoms in total. The molecule has 1 aliphatic heterocycles. The van der Waals surface area contributed by atoms with Gasteiger partial charge in [-0.25, -0.2) is 9.69 Å². The maximum absolute atomic E-state index is 11.9.